The van der Waals surface area contributed by atoms with Crippen LogP contribution in [0.25, 0.3) is 0 Å². The van der Waals surface area contributed by atoms with E-state index in [0.29, 0.717) is 12.3 Å². The second-order valence-electron chi connectivity index (χ2n) is 4.57. The van der Waals surface area contributed by atoms with Crippen LogP contribution in [0.1, 0.15) is 11.7 Å². The van der Waals surface area contributed by atoms with E-state index in [1.165, 1.54) is 0 Å². The quantitative estimate of drug-likeness (QED) is 0.857. The summed E-state index contributed by atoms with van der Waals surface area (Å²) in [4.78, 5) is 13.7. The Balaban J connectivity index is 1.88. The zero-order valence-corrected chi connectivity index (χ0v) is 11.2. The van der Waals surface area contributed by atoms with Crippen molar-refractivity contribution >= 4 is 11.8 Å². The average molecular weight is 269 g/mol. The molecule has 0 saturated carbocycles. The van der Waals surface area contributed by atoms with Gasteiger partial charge < -0.3 is 9.47 Å². The molecule has 1 aliphatic rings. The largest absolute Gasteiger partial charge is 0.495 e. The molecule has 1 atom stereocenters. The Kier molecular flexibility index (Phi) is 3.29. The number of carbonyl (C=O) groups is 1. The number of amides is 1. The average Bonchev–Trinajstić information content (AvgIpc) is 2.90. The van der Waals surface area contributed by atoms with E-state index < -0.39 is 0 Å². The van der Waals surface area contributed by atoms with Crippen LogP contribution in [-0.4, -0.2) is 19.7 Å². The van der Waals surface area contributed by atoms with Gasteiger partial charge in [-0.15, -0.1) is 0 Å². The van der Waals surface area contributed by atoms with Crippen LogP contribution in [0.2, 0.25) is 0 Å². The number of hydrogen-bond acceptors (Lipinski definition) is 3. The number of ether oxygens (including phenoxy) is 2. The zero-order valence-electron chi connectivity index (χ0n) is 11.2. The van der Waals surface area contributed by atoms with Gasteiger partial charge in [0.25, 0.3) is 0 Å². The summed E-state index contributed by atoms with van der Waals surface area (Å²) >= 11 is 0. The van der Waals surface area contributed by atoms with E-state index in [1.807, 2.05) is 54.6 Å². The fraction of sp³-hybridized carbons (Fsp3) is 0.188. The summed E-state index contributed by atoms with van der Waals surface area (Å²) in [7, 11) is 1.59. The van der Waals surface area contributed by atoms with Crippen molar-refractivity contribution in [2.45, 2.75) is 6.10 Å². The van der Waals surface area contributed by atoms with Gasteiger partial charge in [0.2, 0.25) is 0 Å². The third-order valence-corrected chi connectivity index (χ3v) is 3.36. The first-order chi connectivity index (χ1) is 9.79. The number of nitrogens with zero attached hydrogens (tertiary/aromatic N) is 1. The Morgan fingerprint density at radius 1 is 1.10 bits per heavy atom. The number of cyclic esters (lactones) is 1. The summed E-state index contributed by atoms with van der Waals surface area (Å²) in [5.74, 6) is 0.665. The maximum Gasteiger partial charge on any atom is 0.415 e. The molecule has 4 heteroatoms. The van der Waals surface area contributed by atoms with Crippen LogP contribution in [0, 0.1) is 0 Å². The lowest BCUT2D eigenvalue weighted by molar-refractivity contribution is 0.142. The van der Waals surface area contributed by atoms with E-state index >= 15 is 0 Å². The molecule has 0 spiro atoms. The first-order valence-corrected chi connectivity index (χ1v) is 6.45. The number of rotatable bonds is 3. The lowest BCUT2D eigenvalue weighted by atomic mass is 10.1. The Bertz CT molecular complexity index is 612. The molecule has 4 nitrogen and oxygen atoms in total. The lowest BCUT2D eigenvalue weighted by Crippen LogP contribution is -2.24. The summed E-state index contributed by atoms with van der Waals surface area (Å²) in [5, 5.41) is 0. The predicted octanol–water partition coefficient (Wildman–Crippen LogP) is 3.39. The van der Waals surface area contributed by atoms with Crippen molar-refractivity contribution in [1.82, 2.24) is 0 Å². The highest BCUT2D eigenvalue weighted by Crippen LogP contribution is 2.35. The number of methoxy groups -OCH3 is 1. The third kappa shape index (κ3) is 2.20. The number of para-hydroxylation sites is 2. The van der Waals surface area contributed by atoms with E-state index in [2.05, 4.69) is 0 Å². The van der Waals surface area contributed by atoms with E-state index in [0.717, 1.165) is 11.3 Å². The van der Waals surface area contributed by atoms with Crippen LogP contribution in [0.4, 0.5) is 10.5 Å². The molecular weight excluding hydrogens is 254 g/mol. The molecule has 20 heavy (non-hydrogen) atoms. The SMILES string of the molecule is COc1ccccc1N1CC(c2ccccc2)OC1=O. The van der Waals surface area contributed by atoms with E-state index in [1.54, 1.807) is 12.0 Å². The summed E-state index contributed by atoms with van der Waals surface area (Å²) in [6.45, 7) is 0.489. The topological polar surface area (TPSA) is 38.8 Å². The molecular formula is C16H15NO3. The molecule has 2 aromatic rings. The normalized spacial score (nSPS) is 17.9. The van der Waals surface area contributed by atoms with Crippen molar-refractivity contribution in [2.75, 3.05) is 18.6 Å². The summed E-state index contributed by atoms with van der Waals surface area (Å²) in [6, 6.07) is 17.2. The van der Waals surface area contributed by atoms with Crippen LogP contribution in [0.5, 0.6) is 5.75 Å². The molecule has 1 saturated heterocycles. The van der Waals surface area contributed by atoms with Gasteiger partial charge >= 0.3 is 6.09 Å². The Labute approximate surface area is 117 Å². The molecule has 102 valence electrons. The molecule has 1 heterocycles. The zero-order chi connectivity index (χ0) is 13.9. The fourth-order valence-electron chi connectivity index (χ4n) is 2.35. The predicted molar refractivity (Wildman–Crippen MR) is 76.0 cm³/mol. The summed E-state index contributed by atoms with van der Waals surface area (Å²) < 4.78 is 10.7. The number of anilines is 1. The molecule has 1 fully saturated rings. The van der Waals surface area contributed by atoms with Crippen LogP contribution < -0.4 is 9.64 Å². The van der Waals surface area contributed by atoms with Gasteiger partial charge in [0.1, 0.15) is 11.9 Å². The number of benzene rings is 2. The van der Waals surface area contributed by atoms with Gasteiger partial charge in [0, 0.05) is 0 Å². The highest BCUT2D eigenvalue weighted by molar-refractivity contribution is 5.91. The standard InChI is InChI=1S/C16H15NO3/c1-19-14-10-6-5-9-13(14)17-11-15(20-16(17)18)12-7-3-2-4-8-12/h2-10,15H,11H2,1H3. The van der Waals surface area contributed by atoms with E-state index in [-0.39, 0.29) is 12.2 Å². The van der Waals surface area contributed by atoms with Crippen LogP contribution in [0.15, 0.2) is 54.6 Å². The lowest BCUT2D eigenvalue weighted by Gasteiger charge is -2.16. The van der Waals surface area contributed by atoms with Crippen molar-refractivity contribution in [3.63, 3.8) is 0 Å². The Hall–Kier alpha value is -2.49. The molecule has 3 rings (SSSR count). The van der Waals surface area contributed by atoms with Crippen LogP contribution in [-0.2, 0) is 4.74 Å². The molecule has 1 aliphatic heterocycles. The second-order valence-corrected chi connectivity index (χ2v) is 4.57. The van der Waals surface area contributed by atoms with Gasteiger partial charge in [0.15, 0.2) is 0 Å². The van der Waals surface area contributed by atoms with Crippen molar-refractivity contribution in [3.05, 3.63) is 60.2 Å². The van der Waals surface area contributed by atoms with Crippen LogP contribution in [0.3, 0.4) is 0 Å². The van der Waals surface area contributed by atoms with Gasteiger partial charge in [0.05, 0.1) is 19.3 Å². The molecule has 0 aliphatic carbocycles. The fourth-order valence-corrected chi connectivity index (χ4v) is 2.35. The Morgan fingerprint density at radius 3 is 2.55 bits per heavy atom. The van der Waals surface area contributed by atoms with E-state index in [4.69, 9.17) is 9.47 Å². The minimum Gasteiger partial charge on any atom is -0.495 e. The highest BCUT2D eigenvalue weighted by Gasteiger charge is 2.34. The van der Waals surface area contributed by atoms with Crippen molar-refractivity contribution in [1.29, 1.82) is 0 Å². The van der Waals surface area contributed by atoms with Gasteiger partial charge in [-0.25, -0.2) is 4.79 Å². The first kappa shape index (κ1) is 12.5. The van der Waals surface area contributed by atoms with E-state index in [9.17, 15) is 4.79 Å². The molecule has 0 aromatic heterocycles. The highest BCUT2D eigenvalue weighted by atomic mass is 16.6. The monoisotopic (exact) mass is 269 g/mol. The third-order valence-electron chi connectivity index (χ3n) is 3.36. The summed E-state index contributed by atoms with van der Waals surface area (Å²) in [5.41, 5.74) is 1.73. The minimum atomic E-state index is -0.344. The van der Waals surface area contributed by atoms with Gasteiger partial charge in [-0.1, -0.05) is 42.5 Å². The van der Waals surface area contributed by atoms with Gasteiger partial charge in [-0.05, 0) is 17.7 Å². The first-order valence-electron chi connectivity index (χ1n) is 6.45. The van der Waals surface area contributed by atoms with Gasteiger partial charge in [-0.3, -0.25) is 4.90 Å². The molecule has 0 N–H and O–H groups in total. The maximum atomic E-state index is 12.1. The summed E-state index contributed by atoms with van der Waals surface area (Å²) in [6.07, 6.45) is -0.586. The molecule has 0 bridgehead atoms. The number of carbonyl (C=O) groups excluding carboxylic acids is 1. The smallest absolute Gasteiger partial charge is 0.415 e. The molecule has 2 aromatic carbocycles. The van der Waals surface area contributed by atoms with Crippen molar-refractivity contribution in [3.8, 4) is 5.75 Å². The second kappa shape index (κ2) is 5.25. The van der Waals surface area contributed by atoms with Gasteiger partial charge in [-0.2, -0.15) is 0 Å². The molecule has 1 amide bonds. The minimum absolute atomic E-state index is 0.242. The Morgan fingerprint density at radius 2 is 1.80 bits per heavy atom. The van der Waals surface area contributed by atoms with Crippen molar-refractivity contribution in [2.24, 2.45) is 0 Å². The van der Waals surface area contributed by atoms with Crippen molar-refractivity contribution < 1.29 is 14.3 Å². The molecule has 0 radical (unpaired) electrons. The van der Waals surface area contributed by atoms with Crippen LogP contribution >= 0.6 is 0 Å². The number of hydrogen-bond donors (Lipinski definition) is 0. The maximum absolute atomic E-state index is 12.1. The molecule has 1 unspecified atom stereocenters.